The normalized spacial score (nSPS) is 12.4. The van der Waals surface area contributed by atoms with E-state index in [1.54, 1.807) is 12.3 Å². The fraction of sp³-hybridized carbons (Fsp3) is 0.231. The second-order valence-electron chi connectivity index (χ2n) is 3.98. The molecule has 18 heavy (non-hydrogen) atoms. The van der Waals surface area contributed by atoms with E-state index in [9.17, 15) is 4.39 Å². The van der Waals surface area contributed by atoms with Crippen molar-refractivity contribution in [3.8, 4) is 5.75 Å². The van der Waals surface area contributed by atoms with Gasteiger partial charge in [0.2, 0.25) is 0 Å². The van der Waals surface area contributed by atoms with Gasteiger partial charge in [-0.05, 0) is 31.2 Å². The zero-order chi connectivity index (χ0) is 13.1. The summed E-state index contributed by atoms with van der Waals surface area (Å²) in [6.07, 6.45) is 1.59. The van der Waals surface area contributed by atoms with E-state index in [1.807, 2.05) is 13.0 Å². The van der Waals surface area contributed by atoms with E-state index < -0.39 is 0 Å². The molecule has 0 aliphatic heterocycles. The highest BCUT2D eigenvalue weighted by Gasteiger charge is 2.19. The SMILES string of the molecule is COc1ccc(F)cc1C(NN)c1coc(C)c1. The summed E-state index contributed by atoms with van der Waals surface area (Å²) in [6.45, 7) is 1.83. The maximum absolute atomic E-state index is 13.4. The number of halogens is 1. The molecule has 2 rings (SSSR count). The van der Waals surface area contributed by atoms with Gasteiger partial charge in [-0.15, -0.1) is 0 Å². The van der Waals surface area contributed by atoms with E-state index in [4.69, 9.17) is 15.0 Å². The lowest BCUT2D eigenvalue weighted by atomic mass is 10.0. The second kappa shape index (κ2) is 5.20. The van der Waals surface area contributed by atoms with Crippen LogP contribution < -0.4 is 16.0 Å². The Balaban J connectivity index is 2.47. The summed E-state index contributed by atoms with van der Waals surface area (Å²) in [5.41, 5.74) is 4.09. The van der Waals surface area contributed by atoms with Crippen molar-refractivity contribution in [1.82, 2.24) is 5.43 Å². The zero-order valence-corrected chi connectivity index (χ0v) is 10.2. The molecule has 0 radical (unpaired) electrons. The molecule has 0 saturated carbocycles. The van der Waals surface area contributed by atoms with Crippen LogP contribution in [-0.2, 0) is 0 Å². The summed E-state index contributed by atoms with van der Waals surface area (Å²) in [4.78, 5) is 0. The third kappa shape index (κ3) is 2.37. The lowest BCUT2D eigenvalue weighted by Gasteiger charge is -2.17. The Morgan fingerprint density at radius 1 is 1.39 bits per heavy atom. The highest BCUT2D eigenvalue weighted by molar-refractivity contribution is 5.41. The Kier molecular flexibility index (Phi) is 3.64. The number of ether oxygens (including phenoxy) is 1. The van der Waals surface area contributed by atoms with Gasteiger partial charge in [0.05, 0.1) is 19.4 Å². The molecule has 0 saturated heterocycles. The molecule has 1 heterocycles. The van der Waals surface area contributed by atoms with E-state index >= 15 is 0 Å². The third-order valence-corrected chi connectivity index (χ3v) is 2.75. The van der Waals surface area contributed by atoms with Crippen molar-refractivity contribution in [2.75, 3.05) is 7.11 Å². The number of aryl methyl sites for hydroxylation is 1. The molecule has 96 valence electrons. The van der Waals surface area contributed by atoms with Gasteiger partial charge in [-0.3, -0.25) is 5.84 Å². The molecule has 1 atom stereocenters. The molecule has 1 unspecified atom stereocenters. The van der Waals surface area contributed by atoms with Crippen molar-refractivity contribution < 1.29 is 13.5 Å². The van der Waals surface area contributed by atoms with Crippen molar-refractivity contribution >= 4 is 0 Å². The number of hydrogen-bond acceptors (Lipinski definition) is 4. The smallest absolute Gasteiger partial charge is 0.124 e. The Labute approximate surface area is 105 Å². The molecule has 3 N–H and O–H groups in total. The molecule has 0 amide bonds. The fourth-order valence-electron chi connectivity index (χ4n) is 1.91. The third-order valence-electron chi connectivity index (χ3n) is 2.75. The fourth-order valence-corrected chi connectivity index (χ4v) is 1.91. The Morgan fingerprint density at radius 2 is 2.17 bits per heavy atom. The number of nitrogens with one attached hydrogen (secondary N) is 1. The summed E-state index contributed by atoms with van der Waals surface area (Å²) in [7, 11) is 1.53. The molecule has 0 aliphatic carbocycles. The summed E-state index contributed by atoms with van der Waals surface area (Å²) in [5, 5.41) is 0. The largest absolute Gasteiger partial charge is 0.496 e. The molecule has 0 aliphatic rings. The van der Waals surface area contributed by atoms with E-state index in [1.165, 1.54) is 19.2 Å². The van der Waals surface area contributed by atoms with Gasteiger partial charge in [0.25, 0.3) is 0 Å². The van der Waals surface area contributed by atoms with Gasteiger partial charge in [0.15, 0.2) is 0 Å². The molecule has 4 nitrogen and oxygen atoms in total. The molecule has 1 aromatic heterocycles. The van der Waals surface area contributed by atoms with Crippen LogP contribution in [0.15, 0.2) is 34.9 Å². The maximum Gasteiger partial charge on any atom is 0.124 e. The molecule has 0 spiro atoms. The van der Waals surface area contributed by atoms with Crippen LogP contribution in [0.2, 0.25) is 0 Å². The molecular formula is C13H15FN2O2. The predicted octanol–water partition coefficient (Wildman–Crippen LogP) is 2.29. The van der Waals surface area contributed by atoms with Gasteiger partial charge < -0.3 is 9.15 Å². The van der Waals surface area contributed by atoms with Crippen molar-refractivity contribution in [3.05, 3.63) is 53.2 Å². The Bertz CT molecular complexity index is 540. The number of benzene rings is 1. The molecule has 0 bridgehead atoms. The quantitative estimate of drug-likeness (QED) is 0.645. The zero-order valence-electron chi connectivity index (χ0n) is 10.2. The average molecular weight is 250 g/mol. The van der Waals surface area contributed by atoms with Crippen molar-refractivity contribution in [2.45, 2.75) is 13.0 Å². The van der Waals surface area contributed by atoms with Crippen LogP contribution in [0.4, 0.5) is 4.39 Å². The Hall–Kier alpha value is -1.85. The molecular weight excluding hydrogens is 235 g/mol. The first-order valence-electron chi connectivity index (χ1n) is 5.50. The number of hydrazine groups is 1. The van der Waals surface area contributed by atoms with Crippen LogP contribution in [0.25, 0.3) is 0 Å². The second-order valence-corrected chi connectivity index (χ2v) is 3.98. The predicted molar refractivity (Wildman–Crippen MR) is 65.6 cm³/mol. The molecule has 2 aromatic rings. The van der Waals surface area contributed by atoms with Gasteiger partial charge >= 0.3 is 0 Å². The monoisotopic (exact) mass is 250 g/mol. The summed E-state index contributed by atoms with van der Waals surface area (Å²) < 4.78 is 23.8. The highest BCUT2D eigenvalue weighted by atomic mass is 19.1. The van der Waals surface area contributed by atoms with Gasteiger partial charge in [-0.1, -0.05) is 0 Å². The van der Waals surface area contributed by atoms with E-state index in [0.29, 0.717) is 11.3 Å². The molecule has 0 fully saturated rings. The van der Waals surface area contributed by atoms with Crippen LogP contribution in [0.1, 0.15) is 22.9 Å². The number of furan rings is 1. The minimum Gasteiger partial charge on any atom is -0.496 e. The van der Waals surface area contributed by atoms with E-state index in [-0.39, 0.29) is 11.9 Å². The first-order chi connectivity index (χ1) is 8.65. The molecule has 5 heteroatoms. The van der Waals surface area contributed by atoms with E-state index in [0.717, 1.165) is 11.3 Å². The van der Waals surface area contributed by atoms with Crippen LogP contribution in [-0.4, -0.2) is 7.11 Å². The summed E-state index contributed by atoms with van der Waals surface area (Å²) >= 11 is 0. The minimum atomic E-state index is -0.381. The van der Waals surface area contributed by atoms with Crippen molar-refractivity contribution in [3.63, 3.8) is 0 Å². The van der Waals surface area contributed by atoms with Crippen LogP contribution in [0.3, 0.4) is 0 Å². The maximum atomic E-state index is 13.4. The van der Waals surface area contributed by atoms with Crippen LogP contribution in [0, 0.1) is 12.7 Å². The topological polar surface area (TPSA) is 60.4 Å². The van der Waals surface area contributed by atoms with Gasteiger partial charge in [0, 0.05) is 11.1 Å². The summed E-state index contributed by atoms with van der Waals surface area (Å²) in [6, 6.07) is 5.77. The number of hydrogen-bond donors (Lipinski definition) is 2. The van der Waals surface area contributed by atoms with E-state index in [2.05, 4.69) is 5.43 Å². The number of nitrogens with two attached hydrogens (primary N) is 1. The van der Waals surface area contributed by atoms with Crippen LogP contribution >= 0.6 is 0 Å². The van der Waals surface area contributed by atoms with Gasteiger partial charge in [-0.2, -0.15) is 0 Å². The first-order valence-corrected chi connectivity index (χ1v) is 5.50. The number of rotatable bonds is 4. The first kappa shape index (κ1) is 12.6. The van der Waals surface area contributed by atoms with Gasteiger partial charge in [-0.25, -0.2) is 9.82 Å². The minimum absolute atomic E-state index is 0.341. The summed E-state index contributed by atoms with van der Waals surface area (Å²) in [5.74, 6) is 6.54. The number of methoxy groups -OCH3 is 1. The van der Waals surface area contributed by atoms with Crippen LogP contribution in [0.5, 0.6) is 5.75 Å². The Morgan fingerprint density at radius 3 is 2.72 bits per heavy atom. The average Bonchev–Trinajstić information content (AvgIpc) is 2.77. The lowest BCUT2D eigenvalue weighted by Crippen LogP contribution is -2.29. The highest BCUT2D eigenvalue weighted by Crippen LogP contribution is 2.31. The van der Waals surface area contributed by atoms with Crippen molar-refractivity contribution in [1.29, 1.82) is 0 Å². The molecule has 1 aromatic carbocycles. The van der Waals surface area contributed by atoms with Crippen molar-refractivity contribution in [2.24, 2.45) is 5.84 Å². The van der Waals surface area contributed by atoms with Gasteiger partial charge in [0.1, 0.15) is 17.3 Å². The standard InChI is InChI=1S/C13H15FN2O2/c1-8-5-9(7-18-8)13(16-15)11-6-10(14)3-4-12(11)17-2/h3-7,13,16H,15H2,1-2H3. The lowest BCUT2D eigenvalue weighted by molar-refractivity contribution is 0.402.